The third kappa shape index (κ3) is 8.63. The standard InChI is InChI=1S/C11H24OS/c1-4-13-7-5-6-11(9-12)8-10(2)3/h10-12H,4-9H2,1-3H3. The van der Waals surface area contributed by atoms with Gasteiger partial charge in [0, 0.05) is 6.61 Å². The van der Waals surface area contributed by atoms with Crippen LogP contribution in [-0.2, 0) is 0 Å². The van der Waals surface area contributed by atoms with Crippen molar-refractivity contribution < 1.29 is 5.11 Å². The largest absolute Gasteiger partial charge is 0.396 e. The molecule has 80 valence electrons. The average Bonchev–Trinajstić information content (AvgIpc) is 2.09. The van der Waals surface area contributed by atoms with Crippen molar-refractivity contribution in [2.45, 2.75) is 40.0 Å². The molecule has 0 bridgehead atoms. The van der Waals surface area contributed by atoms with Gasteiger partial charge in [-0.15, -0.1) is 0 Å². The molecular formula is C11H24OS. The Hall–Kier alpha value is 0.310. The highest BCUT2D eigenvalue weighted by atomic mass is 32.2. The maximum atomic E-state index is 9.12. The van der Waals surface area contributed by atoms with Crippen molar-refractivity contribution in [3.63, 3.8) is 0 Å². The first-order valence-electron chi connectivity index (χ1n) is 5.39. The molecule has 2 heteroatoms. The van der Waals surface area contributed by atoms with E-state index in [-0.39, 0.29) is 0 Å². The molecule has 0 saturated carbocycles. The van der Waals surface area contributed by atoms with Gasteiger partial charge in [-0.3, -0.25) is 0 Å². The van der Waals surface area contributed by atoms with Crippen molar-refractivity contribution in [2.75, 3.05) is 18.1 Å². The van der Waals surface area contributed by atoms with Crippen molar-refractivity contribution in [1.82, 2.24) is 0 Å². The van der Waals surface area contributed by atoms with Crippen LogP contribution in [0.2, 0.25) is 0 Å². The fourth-order valence-corrected chi connectivity index (χ4v) is 2.23. The molecule has 0 spiro atoms. The molecule has 0 aliphatic rings. The molecule has 0 aromatic heterocycles. The van der Waals surface area contributed by atoms with Gasteiger partial charge in [0.15, 0.2) is 0 Å². The van der Waals surface area contributed by atoms with Gasteiger partial charge in [0.2, 0.25) is 0 Å². The molecule has 1 nitrogen and oxygen atoms in total. The van der Waals surface area contributed by atoms with E-state index < -0.39 is 0 Å². The van der Waals surface area contributed by atoms with Crippen LogP contribution in [0.1, 0.15) is 40.0 Å². The second-order valence-electron chi connectivity index (χ2n) is 4.02. The summed E-state index contributed by atoms with van der Waals surface area (Å²) in [6.45, 7) is 7.02. The summed E-state index contributed by atoms with van der Waals surface area (Å²) in [5.41, 5.74) is 0. The molecule has 1 N–H and O–H groups in total. The van der Waals surface area contributed by atoms with Gasteiger partial charge in [0.05, 0.1) is 0 Å². The summed E-state index contributed by atoms with van der Waals surface area (Å²) >= 11 is 2.00. The molecule has 0 amide bonds. The van der Waals surface area contributed by atoms with Gasteiger partial charge in [-0.25, -0.2) is 0 Å². The van der Waals surface area contributed by atoms with Crippen LogP contribution in [0, 0.1) is 11.8 Å². The van der Waals surface area contributed by atoms with Gasteiger partial charge in [0.1, 0.15) is 0 Å². The Bertz CT molecular complexity index is 104. The monoisotopic (exact) mass is 204 g/mol. The smallest absolute Gasteiger partial charge is 0.0459 e. The Morgan fingerprint density at radius 1 is 1.31 bits per heavy atom. The first-order chi connectivity index (χ1) is 6.20. The molecule has 1 unspecified atom stereocenters. The number of hydrogen-bond acceptors (Lipinski definition) is 2. The molecule has 0 aromatic carbocycles. The molecule has 0 aromatic rings. The van der Waals surface area contributed by atoms with Crippen molar-refractivity contribution in [2.24, 2.45) is 11.8 Å². The molecule has 0 radical (unpaired) electrons. The quantitative estimate of drug-likeness (QED) is 0.613. The fraction of sp³-hybridized carbons (Fsp3) is 1.00. The average molecular weight is 204 g/mol. The lowest BCUT2D eigenvalue weighted by Gasteiger charge is -2.15. The number of thioether (sulfide) groups is 1. The minimum absolute atomic E-state index is 0.370. The molecule has 0 aliphatic heterocycles. The van der Waals surface area contributed by atoms with E-state index in [0.717, 1.165) is 5.92 Å². The lowest BCUT2D eigenvalue weighted by Crippen LogP contribution is -2.09. The maximum absolute atomic E-state index is 9.12. The first-order valence-corrected chi connectivity index (χ1v) is 6.54. The van der Waals surface area contributed by atoms with Crippen LogP contribution in [0.3, 0.4) is 0 Å². The van der Waals surface area contributed by atoms with E-state index in [4.69, 9.17) is 5.11 Å². The molecule has 0 saturated heterocycles. The fourth-order valence-electron chi connectivity index (χ4n) is 1.57. The second kappa shape index (κ2) is 8.89. The van der Waals surface area contributed by atoms with E-state index in [1.54, 1.807) is 0 Å². The Morgan fingerprint density at radius 2 is 2.00 bits per heavy atom. The number of hydrogen-bond donors (Lipinski definition) is 1. The second-order valence-corrected chi connectivity index (χ2v) is 5.41. The van der Waals surface area contributed by atoms with Gasteiger partial charge in [-0.05, 0) is 42.6 Å². The van der Waals surface area contributed by atoms with Gasteiger partial charge < -0.3 is 5.11 Å². The van der Waals surface area contributed by atoms with Crippen LogP contribution < -0.4 is 0 Å². The van der Waals surface area contributed by atoms with Crippen molar-refractivity contribution in [3.8, 4) is 0 Å². The Balaban J connectivity index is 3.36. The number of aliphatic hydroxyl groups excluding tert-OH is 1. The zero-order valence-corrected chi connectivity index (χ0v) is 10.1. The van der Waals surface area contributed by atoms with Gasteiger partial charge in [-0.2, -0.15) is 11.8 Å². The van der Waals surface area contributed by atoms with Crippen LogP contribution in [0.15, 0.2) is 0 Å². The highest BCUT2D eigenvalue weighted by Gasteiger charge is 2.08. The molecule has 0 fully saturated rings. The summed E-state index contributed by atoms with van der Waals surface area (Å²) in [6, 6.07) is 0. The summed E-state index contributed by atoms with van der Waals surface area (Å²) in [5, 5.41) is 9.12. The zero-order valence-electron chi connectivity index (χ0n) is 9.25. The lowest BCUT2D eigenvalue weighted by molar-refractivity contribution is 0.197. The van der Waals surface area contributed by atoms with E-state index in [0.29, 0.717) is 12.5 Å². The van der Waals surface area contributed by atoms with Crippen LogP contribution in [0.4, 0.5) is 0 Å². The van der Waals surface area contributed by atoms with Crippen molar-refractivity contribution in [3.05, 3.63) is 0 Å². The normalized spacial score (nSPS) is 13.6. The lowest BCUT2D eigenvalue weighted by atomic mass is 9.94. The third-order valence-corrected chi connectivity index (χ3v) is 3.15. The molecule has 1 atom stereocenters. The summed E-state index contributed by atoms with van der Waals surface area (Å²) in [4.78, 5) is 0. The van der Waals surface area contributed by atoms with Crippen LogP contribution in [0.25, 0.3) is 0 Å². The van der Waals surface area contributed by atoms with E-state index in [2.05, 4.69) is 20.8 Å². The summed E-state index contributed by atoms with van der Waals surface area (Å²) in [6.07, 6.45) is 3.63. The predicted octanol–water partition coefficient (Wildman–Crippen LogP) is 3.17. The van der Waals surface area contributed by atoms with Gasteiger partial charge in [0.25, 0.3) is 0 Å². The minimum Gasteiger partial charge on any atom is -0.396 e. The zero-order chi connectivity index (χ0) is 10.1. The summed E-state index contributed by atoms with van der Waals surface area (Å²) in [7, 11) is 0. The van der Waals surface area contributed by atoms with Gasteiger partial charge in [-0.1, -0.05) is 20.8 Å². The number of aliphatic hydroxyl groups is 1. The highest BCUT2D eigenvalue weighted by molar-refractivity contribution is 7.99. The summed E-state index contributed by atoms with van der Waals surface area (Å²) < 4.78 is 0. The van der Waals surface area contributed by atoms with Crippen LogP contribution in [0.5, 0.6) is 0 Å². The molecule has 0 heterocycles. The van der Waals surface area contributed by atoms with Crippen LogP contribution in [-0.4, -0.2) is 23.2 Å². The van der Waals surface area contributed by atoms with E-state index >= 15 is 0 Å². The van der Waals surface area contributed by atoms with Crippen molar-refractivity contribution in [1.29, 1.82) is 0 Å². The van der Waals surface area contributed by atoms with Crippen molar-refractivity contribution >= 4 is 11.8 Å². The maximum Gasteiger partial charge on any atom is 0.0459 e. The first kappa shape index (κ1) is 13.3. The third-order valence-electron chi connectivity index (χ3n) is 2.17. The van der Waals surface area contributed by atoms with Gasteiger partial charge >= 0.3 is 0 Å². The Morgan fingerprint density at radius 3 is 2.46 bits per heavy atom. The van der Waals surface area contributed by atoms with E-state index in [1.807, 2.05) is 11.8 Å². The minimum atomic E-state index is 0.370. The number of rotatable bonds is 8. The molecule has 0 aliphatic carbocycles. The molecule has 0 rings (SSSR count). The SMILES string of the molecule is CCSCCCC(CO)CC(C)C. The predicted molar refractivity (Wildman–Crippen MR) is 62.3 cm³/mol. The van der Waals surface area contributed by atoms with E-state index in [1.165, 1.54) is 30.8 Å². The van der Waals surface area contributed by atoms with Crippen LogP contribution >= 0.6 is 11.8 Å². The Labute approximate surface area is 87.3 Å². The summed E-state index contributed by atoms with van der Waals surface area (Å²) in [5.74, 6) is 3.73. The Kier molecular flexibility index (Phi) is 9.10. The topological polar surface area (TPSA) is 20.2 Å². The highest BCUT2D eigenvalue weighted by Crippen LogP contribution is 2.17. The molecular weight excluding hydrogens is 180 g/mol. The van der Waals surface area contributed by atoms with E-state index in [9.17, 15) is 0 Å². The molecule has 13 heavy (non-hydrogen) atoms.